The van der Waals surface area contributed by atoms with Crippen molar-refractivity contribution in [3.05, 3.63) is 0 Å². The molecule has 0 amide bonds. The summed E-state index contributed by atoms with van der Waals surface area (Å²) in [7, 11) is 0. The molecule has 9 aliphatic rings. The molecular weight excluding hydrogens is 480 g/mol. The summed E-state index contributed by atoms with van der Waals surface area (Å²) in [5, 5.41) is 93.3. The summed E-state index contributed by atoms with van der Waals surface area (Å²) >= 11 is 0. The highest BCUT2D eigenvalue weighted by Crippen LogP contribution is 2.34. The third-order valence-corrected chi connectivity index (χ3v) is 6.99. The van der Waals surface area contributed by atoms with Crippen LogP contribution in [0, 0.1) is 5.92 Å². The van der Waals surface area contributed by atoms with Crippen LogP contribution in [0.3, 0.4) is 0 Å². The predicted octanol–water partition coefficient (Wildman–Crippen LogP) is -6.24. The van der Waals surface area contributed by atoms with Crippen molar-refractivity contribution < 1.29 is 74.4 Å². The molecule has 9 fully saturated rings. The van der Waals surface area contributed by atoms with Gasteiger partial charge in [0.2, 0.25) is 0 Å². The third-order valence-electron chi connectivity index (χ3n) is 6.99. The zero-order valence-electron chi connectivity index (χ0n) is 18.7. The molecule has 15 heteroatoms. The minimum atomic E-state index is -1.81. The summed E-state index contributed by atoms with van der Waals surface area (Å²) in [4.78, 5) is 0. The van der Waals surface area contributed by atoms with Crippen LogP contribution in [0.5, 0.6) is 0 Å². The molecule has 35 heavy (non-hydrogen) atoms. The summed E-state index contributed by atoms with van der Waals surface area (Å²) in [6.45, 7) is -2.54. The molecule has 9 saturated heterocycles. The highest BCUT2D eigenvalue weighted by molar-refractivity contribution is 4.97. The van der Waals surface area contributed by atoms with Gasteiger partial charge in [0, 0.05) is 5.92 Å². The monoisotopic (exact) mass is 514 g/mol. The van der Waals surface area contributed by atoms with Crippen molar-refractivity contribution in [2.75, 3.05) is 33.0 Å². The number of hydrogen-bond acceptors (Lipinski definition) is 15. The summed E-state index contributed by atoms with van der Waals surface area (Å²) in [6.07, 6.45) is -20.8. The highest BCUT2D eigenvalue weighted by Gasteiger charge is 2.53. The molecule has 0 aromatic rings. The lowest BCUT2D eigenvalue weighted by Gasteiger charge is -2.48. The number of hydrogen-bond donors (Lipinski definition) is 9. The van der Waals surface area contributed by atoms with E-state index in [2.05, 4.69) is 0 Å². The molecule has 0 aliphatic carbocycles. The molecule has 0 aromatic carbocycles. The Hall–Kier alpha value is -0.600. The molecule has 9 aliphatic heterocycles. The highest BCUT2D eigenvalue weighted by atomic mass is 16.7. The van der Waals surface area contributed by atoms with Crippen molar-refractivity contribution in [2.24, 2.45) is 5.92 Å². The van der Waals surface area contributed by atoms with E-state index in [0.29, 0.717) is 0 Å². The van der Waals surface area contributed by atoms with Crippen molar-refractivity contribution in [1.82, 2.24) is 0 Å². The van der Waals surface area contributed by atoms with Gasteiger partial charge in [-0.1, -0.05) is 0 Å². The van der Waals surface area contributed by atoms with Crippen LogP contribution in [-0.2, 0) is 28.4 Å². The first-order valence-electron chi connectivity index (χ1n) is 11.5. The Labute approximate surface area is 199 Å². The lowest BCUT2D eigenvalue weighted by Crippen LogP contribution is -2.66. The van der Waals surface area contributed by atoms with Crippen molar-refractivity contribution >= 4 is 0 Å². The van der Waals surface area contributed by atoms with Crippen LogP contribution >= 0.6 is 0 Å². The molecule has 9 N–H and O–H groups in total. The van der Waals surface area contributed by atoms with E-state index in [1.165, 1.54) is 0 Å². The van der Waals surface area contributed by atoms with Gasteiger partial charge in [-0.3, -0.25) is 0 Å². The predicted molar refractivity (Wildman–Crippen MR) is 107 cm³/mol. The molecule has 9 rings (SSSR count). The third kappa shape index (κ3) is 5.22. The van der Waals surface area contributed by atoms with Gasteiger partial charge in [0.1, 0.15) is 61.0 Å². The van der Waals surface area contributed by atoms with Gasteiger partial charge in [-0.25, -0.2) is 0 Å². The van der Waals surface area contributed by atoms with Crippen LogP contribution in [0.15, 0.2) is 0 Å². The van der Waals surface area contributed by atoms with Gasteiger partial charge >= 0.3 is 0 Å². The zero-order chi connectivity index (χ0) is 25.4. The van der Waals surface area contributed by atoms with Gasteiger partial charge in [0.15, 0.2) is 12.6 Å². The maximum atomic E-state index is 10.7. The first kappa shape index (κ1) is 27.4. The van der Waals surface area contributed by atoms with E-state index in [4.69, 9.17) is 28.4 Å². The van der Waals surface area contributed by atoms with Crippen LogP contribution in [-0.4, -0.2) is 165 Å². The summed E-state index contributed by atoms with van der Waals surface area (Å²) in [5.41, 5.74) is 0. The fourth-order valence-corrected chi connectivity index (χ4v) is 4.92. The van der Waals surface area contributed by atoms with Crippen molar-refractivity contribution in [2.45, 2.75) is 85.8 Å². The molecule has 6 unspecified atom stereocenters. The van der Waals surface area contributed by atoms with E-state index in [1.807, 2.05) is 0 Å². The van der Waals surface area contributed by atoms with Gasteiger partial charge in [-0.15, -0.1) is 0 Å². The standard InChI is InChI=1S/C20H34O15/c21-1-7-6-4-30-5-10-12(25)13(26)17(8(2-22)31-10)34-20-16(29)14(27)18(9(3-23)33-20)35-19(32-7)15(28)11(6)24/h6-29H,1-5H2/t6-,7?,8?,9?,10-,11-,12?,13+,14+,15?,16?,17+,18+,19+,20+/m1/s1. The molecule has 15 nitrogen and oxygen atoms in total. The molecule has 6 bridgehead atoms. The van der Waals surface area contributed by atoms with E-state index in [-0.39, 0.29) is 13.2 Å². The normalized spacial score (nSPS) is 53.6. The summed E-state index contributed by atoms with van der Waals surface area (Å²) in [6, 6.07) is 0. The second-order valence-corrected chi connectivity index (χ2v) is 9.19. The Balaban J connectivity index is 1.68. The number of aliphatic hydroxyl groups excluding tert-OH is 9. The van der Waals surface area contributed by atoms with Crippen molar-refractivity contribution in [3.8, 4) is 0 Å². The lowest BCUT2D eigenvalue weighted by molar-refractivity contribution is -0.369. The van der Waals surface area contributed by atoms with Gasteiger partial charge in [-0.05, 0) is 0 Å². The van der Waals surface area contributed by atoms with Crippen molar-refractivity contribution in [3.63, 3.8) is 0 Å². The van der Waals surface area contributed by atoms with Crippen LogP contribution < -0.4 is 0 Å². The molecule has 0 radical (unpaired) electrons. The molecule has 15 atom stereocenters. The first-order valence-corrected chi connectivity index (χ1v) is 11.5. The molecule has 0 saturated carbocycles. The van der Waals surface area contributed by atoms with Crippen LogP contribution in [0.1, 0.15) is 0 Å². The van der Waals surface area contributed by atoms with Gasteiger partial charge in [0.25, 0.3) is 0 Å². The van der Waals surface area contributed by atoms with Crippen molar-refractivity contribution in [1.29, 1.82) is 0 Å². The minimum Gasteiger partial charge on any atom is -0.394 e. The molecule has 0 aromatic heterocycles. The quantitative estimate of drug-likeness (QED) is 0.170. The average molecular weight is 514 g/mol. The fourth-order valence-electron chi connectivity index (χ4n) is 4.92. The van der Waals surface area contributed by atoms with Crippen LogP contribution in [0.2, 0.25) is 0 Å². The Morgan fingerprint density at radius 3 is 1.54 bits per heavy atom. The van der Waals surface area contributed by atoms with Crippen LogP contribution in [0.25, 0.3) is 0 Å². The summed E-state index contributed by atoms with van der Waals surface area (Å²) < 4.78 is 33.5. The second-order valence-electron chi connectivity index (χ2n) is 9.19. The Morgan fingerprint density at radius 2 is 0.971 bits per heavy atom. The van der Waals surface area contributed by atoms with E-state index in [1.54, 1.807) is 0 Å². The lowest BCUT2D eigenvalue weighted by atomic mass is 9.89. The second kappa shape index (κ2) is 11.4. The smallest absolute Gasteiger partial charge is 0.187 e. The SMILES string of the molecule is OCC1O[C@H]2O[C@H]3C(CO)O[C@@H](O[C@H]4C(CO)O[C@H](COC[C@H]1[C@@H](O)C2O)C(O)[C@@H]4O)C(O)[C@@H]3O. The van der Waals surface area contributed by atoms with Gasteiger partial charge < -0.3 is 74.4 Å². The molecule has 9 heterocycles. The fraction of sp³-hybridized carbons (Fsp3) is 1.00. The van der Waals surface area contributed by atoms with Gasteiger partial charge in [0.05, 0.1) is 45.2 Å². The Kier molecular flexibility index (Phi) is 8.95. The van der Waals surface area contributed by atoms with Crippen LogP contribution in [0.4, 0.5) is 0 Å². The van der Waals surface area contributed by atoms with Gasteiger partial charge in [-0.2, -0.15) is 0 Å². The largest absolute Gasteiger partial charge is 0.394 e. The Morgan fingerprint density at radius 1 is 0.486 bits per heavy atom. The number of ether oxygens (including phenoxy) is 6. The minimum absolute atomic E-state index is 0.252. The van der Waals surface area contributed by atoms with E-state index < -0.39 is 112 Å². The molecule has 0 spiro atoms. The van der Waals surface area contributed by atoms with E-state index in [9.17, 15) is 46.0 Å². The van der Waals surface area contributed by atoms with E-state index in [0.717, 1.165) is 0 Å². The maximum Gasteiger partial charge on any atom is 0.187 e. The van der Waals surface area contributed by atoms with E-state index >= 15 is 0 Å². The molecular formula is C20H34O15. The zero-order valence-corrected chi connectivity index (χ0v) is 18.7. The average Bonchev–Trinajstić information content (AvgIpc) is 2.86. The topological polar surface area (TPSA) is 237 Å². The number of rotatable bonds is 3. The maximum absolute atomic E-state index is 10.7. The summed E-state index contributed by atoms with van der Waals surface area (Å²) in [5.74, 6) is -0.947. The number of aliphatic hydroxyl groups is 9. The first-order chi connectivity index (χ1) is 16.7. The molecule has 204 valence electrons. The Bertz CT molecular complexity index is 679.